The zero-order chi connectivity index (χ0) is 90.2. The maximum atomic E-state index is 15.3. The number of aromatic amines is 1. The number of halogens is 1. The summed E-state index contributed by atoms with van der Waals surface area (Å²) in [5, 5.41) is 76.1. The summed E-state index contributed by atoms with van der Waals surface area (Å²) in [5.41, 5.74) is 7.34. The van der Waals surface area contributed by atoms with E-state index >= 15 is 24.0 Å². The number of hydrogen-bond acceptors (Lipinski definition) is 24. The first-order valence-electron chi connectivity index (χ1n) is 41.8. The van der Waals surface area contributed by atoms with E-state index in [4.69, 9.17) is 27.1 Å². The molecule has 4 aliphatic rings. The summed E-state index contributed by atoms with van der Waals surface area (Å²) in [6.45, 7) is 7.35. The summed E-state index contributed by atoms with van der Waals surface area (Å²) >= 11 is 8.64. The monoisotopic (exact) mass is 1790 g/mol. The molecule has 2 aromatic heterocycles. The summed E-state index contributed by atoms with van der Waals surface area (Å²) in [7, 11) is 0. The number of aryl methyl sites for hydroxylation is 1. The summed E-state index contributed by atoms with van der Waals surface area (Å²) in [6, 6.07) is 7.84. The number of nitrogens with zero attached hydrogens (tertiary/aromatic N) is 6. The number of H-pyrrole nitrogens is 1. The first-order valence-corrected chi connectivity index (χ1v) is 44.5. The summed E-state index contributed by atoms with van der Waals surface area (Å²) in [5.74, 6) is -13.8. The van der Waals surface area contributed by atoms with E-state index in [2.05, 4.69) is 52.8 Å². The van der Waals surface area contributed by atoms with Crippen LogP contribution in [0.1, 0.15) is 121 Å². The number of aliphatic hydroxyl groups excluding tert-OH is 1. The lowest BCUT2D eigenvalue weighted by atomic mass is 9.87. The fourth-order valence-corrected chi connectivity index (χ4v) is 17.2. The highest BCUT2D eigenvalue weighted by Crippen LogP contribution is 2.28. The number of aliphatic carboxylic acids is 4. The average molecular weight is 1790 g/mol. The number of carbonyl (C=O) groups is 15. The van der Waals surface area contributed by atoms with Gasteiger partial charge in [0.1, 0.15) is 53.9 Å². The number of aromatic nitrogens is 2. The number of amides is 11. The van der Waals surface area contributed by atoms with Gasteiger partial charge in [0, 0.05) is 162 Å². The summed E-state index contributed by atoms with van der Waals surface area (Å²) < 4.78 is 5.74. The Bertz CT molecular complexity index is 4320. The predicted octanol–water partition coefficient (Wildman–Crippen LogP) is -0.203. The topological polar surface area (TPSA) is 546 Å². The van der Waals surface area contributed by atoms with Crippen molar-refractivity contribution in [1.29, 1.82) is 0 Å². The van der Waals surface area contributed by atoms with Gasteiger partial charge >= 0.3 is 23.9 Å². The Labute approximate surface area is 732 Å². The van der Waals surface area contributed by atoms with E-state index in [0.29, 0.717) is 22.0 Å². The highest BCUT2D eigenvalue weighted by atomic mass is 35.5. The number of pyridine rings is 1. The molecule has 3 fully saturated rings. The van der Waals surface area contributed by atoms with Gasteiger partial charge in [-0.05, 0) is 98.2 Å². The lowest BCUT2D eigenvalue weighted by Crippen LogP contribution is -2.67. The average Bonchev–Trinajstić information content (AvgIpc) is 1.30. The van der Waals surface area contributed by atoms with E-state index in [1.165, 1.54) is 28.4 Å². The third kappa shape index (κ3) is 32.8. The number of carboxylic acids is 4. The molecule has 6 heterocycles. The predicted molar refractivity (Wildman–Crippen MR) is 459 cm³/mol. The Morgan fingerprint density at radius 2 is 1.23 bits per heavy atom. The minimum Gasteiger partial charge on any atom is -0.481 e. The van der Waals surface area contributed by atoms with Gasteiger partial charge in [-0.2, -0.15) is 23.5 Å². The van der Waals surface area contributed by atoms with Gasteiger partial charge in [0.2, 0.25) is 65.0 Å². The van der Waals surface area contributed by atoms with E-state index in [9.17, 15) is 73.5 Å². The van der Waals surface area contributed by atoms with Crippen LogP contribution in [0.5, 0.6) is 0 Å². The maximum Gasteiger partial charge on any atom is 0.317 e. The van der Waals surface area contributed by atoms with Crippen LogP contribution in [0, 0.1) is 11.8 Å². The quantitative estimate of drug-likeness (QED) is 0.0269. The molecule has 0 unspecified atom stereocenters. The molecule has 4 aromatic rings. The second-order valence-corrected chi connectivity index (χ2v) is 35.1. The van der Waals surface area contributed by atoms with Crippen molar-refractivity contribution in [2.45, 2.75) is 183 Å². The Balaban J connectivity index is 0.991. The largest absolute Gasteiger partial charge is 0.481 e. The van der Waals surface area contributed by atoms with E-state index in [-0.39, 0.29) is 210 Å². The first-order chi connectivity index (χ1) is 59.1. The molecular weight excluding hydrogens is 1670 g/mol. The number of β-amino-alcohol motifs (C(OH)–C–C–N with tert-alkyl or cyclic N) is 1. The van der Waals surface area contributed by atoms with Gasteiger partial charge in [-0.3, -0.25) is 96.5 Å². The number of rotatable bonds is 34. The van der Waals surface area contributed by atoms with Gasteiger partial charge in [0.25, 0.3) is 0 Å². The molecule has 0 radical (unpaired) electrons. The van der Waals surface area contributed by atoms with Crippen LogP contribution >= 0.6 is 35.1 Å². The van der Waals surface area contributed by atoms with Crippen LogP contribution in [0.25, 0.3) is 10.9 Å². The molecule has 0 aliphatic carbocycles. The highest BCUT2D eigenvalue weighted by molar-refractivity contribution is 7.98. The van der Waals surface area contributed by atoms with Crippen molar-refractivity contribution in [3.8, 4) is 0 Å². The number of unbranched alkanes of at least 4 members (excludes halogenated alkanes) is 1. The van der Waals surface area contributed by atoms with E-state index in [1.54, 1.807) is 120 Å². The Morgan fingerprint density at radius 3 is 1.82 bits per heavy atom. The van der Waals surface area contributed by atoms with Crippen LogP contribution in [0.4, 0.5) is 0 Å². The van der Waals surface area contributed by atoms with Crippen molar-refractivity contribution in [1.82, 2.24) is 82.3 Å². The van der Waals surface area contributed by atoms with Crippen LogP contribution in [-0.2, 0) is 101 Å². The van der Waals surface area contributed by atoms with Gasteiger partial charge in [-0.1, -0.05) is 75.7 Å². The zero-order valence-electron chi connectivity index (χ0n) is 70.3. The number of carboxylic acid groups (broad SMARTS) is 4. The van der Waals surface area contributed by atoms with Crippen LogP contribution in [0.2, 0.25) is 5.02 Å². The van der Waals surface area contributed by atoms with Crippen molar-refractivity contribution in [3.63, 3.8) is 0 Å². The van der Waals surface area contributed by atoms with Crippen LogP contribution in [0.3, 0.4) is 0 Å². The number of nitrogens with two attached hydrogens (primary N) is 1. The number of nitrogens with one attached hydrogen (secondary N) is 10. The molecule has 680 valence electrons. The van der Waals surface area contributed by atoms with Crippen molar-refractivity contribution in [3.05, 3.63) is 100 Å². The molecule has 17 N–H and O–H groups in total. The number of hydrogen-bond donors (Lipinski definition) is 16. The van der Waals surface area contributed by atoms with Gasteiger partial charge in [0.05, 0.1) is 43.7 Å². The minimum absolute atomic E-state index is 0.00496. The lowest BCUT2D eigenvalue weighted by Gasteiger charge is -2.38. The molecule has 8 rings (SSSR count). The Kier molecular flexibility index (Phi) is 39.7. The molecule has 3 saturated heterocycles. The molecule has 1 spiro atoms. The molecule has 124 heavy (non-hydrogen) atoms. The van der Waals surface area contributed by atoms with Gasteiger partial charge in [0.15, 0.2) is 0 Å². The number of carbonyl (C=O) groups excluding carboxylic acids is 11. The van der Waals surface area contributed by atoms with Gasteiger partial charge in [-0.15, -0.1) is 0 Å². The fraction of sp³-hybridized carbons (Fsp3) is 0.590. The molecule has 38 nitrogen and oxygen atoms in total. The molecule has 4 aliphatic heterocycles. The number of benzene rings is 2. The molecule has 11 amide bonds. The second-order valence-electron chi connectivity index (χ2n) is 32.6. The fourth-order valence-electron chi connectivity index (χ4n) is 15.1. The molecule has 2 bridgehead atoms. The van der Waals surface area contributed by atoms with Crippen LogP contribution in [0.15, 0.2) is 72.9 Å². The van der Waals surface area contributed by atoms with Crippen molar-refractivity contribution >= 4 is 135 Å². The van der Waals surface area contributed by atoms with E-state index < -0.39 is 162 Å². The van der Waals surface area contributed by atoms with Crippen molar-refractivity contribution < 1.29 is 102 Å². The van der Waals surface area contributed by atoms with Gasteiger partial charge < -0.3 is 93.7 Å². The van der Waals surface area contributed by atoms with Crippen molar-refractivity contribution in [2.75, 3.05) is 116 Å². The molecular formula is C83H118ClN17O21S2. The SMILES string of the molecule is CC(C)C[C@@H]1NC(=O)C2(CCOCC2)NC(=O)[C@@H](NC(=O)[C@@H](CC(C)C)NC(=O)[C@H](CCC(=O)O)NC(=O)[C@@H]2C[C@@H](O)CN2C(=O)CCc2c[nH]c3ccc(Cl)cc23)CSCc2cccc(n2)CSC[C@@H](C(=O)N[C@H](CCCCNC(=O)CN2CCN(CC(=O)O)CCN(CC(=O)O)CCN(CC(=O)O)CC2)C(N)=O)NC(=O)[C@H](Cc2ccccc2)NC1=O. The number of primary amides is 1. The second kappa shape index (κ2) is 49.6. The smallest absolute Gasteiger partial charge is 0.317 e. The number of ether oxygens (including phenoxy) is 1. The summed E-state index contributed by atoms with van der Waals surface area (Å²) in [4.78, 5) is 224. The standard InChI is InChI=1S/C83H118ClN17O21S2/c1-50(2)35-62(91-75(114)61(19-21-70(105)106)90-81(120)67-39-57(102)41-101(67)69(104)20-16-53-40-87-59-18-17-54(84)38-58(53)59)76(115)94-66-49-124-47-56-14-10-13-55(88-56)46-123-48-65(93-78(117)64(37-52-11-6-5-7-12-52)92-77(116)63(36-51(3)4)95-82(121)83(96-80(66)119)22-33-122-34-23-83)79(118)89-60(74(85)113)15-8-9-24-86-68(103)42-97-25-27-98(43-71(107)108)29-31-100(45-73(111)112)32-30-99(28-26-97)44-72(109)110/h5-7,10-14,17-18,38,40,50-51,57,60-67,87,102H,8-9,15-16,19-37,39,41-49H2,1-4H3,(H2,85,113)(H,86,103)(H,89,118)(H,90,120)(H,91,114)(H,92,116)(H,93,117)(H,94,115)(H,95,121)(H,96,119)(H,105,106)(H,107,108)(H,109,110)(H,111,112)/t57-,60-,61+,62-,63+,64+,65+,66+,67+/m1/s1. The molecule has 0 saturated carbocycles. The normalized spacial score (nSPS) is 21.3. The number of fused-ring (bicyclic) bond motifs is 3. The summed E-state index contributed by atoms with van der Waals surface area (Å²) in [6.07, 6.45) is -0.381. The third-order valence-corrected chi connectivity index (χ3v) is 24.1. The van der Waals surface area contributed by atoms with Crippen LogP contribution in [-0.4, -0.2) is 325 Å². The zero-order valence-corrected chi connectivity index (χ0v) is 72.7. The van der Waals surface area contributed by atoms with E-state index in [0.717, 1.165) is 16.5 Å². The highest BCUT2D eigenvalue weighted by Gasteiger charge is 2.46. The lowest BCUT2D eigenvalue weighted by molar-refractivity contribution is -0.141. The number of thioether (sulfide) groups is 2. The maximum absolute atomic E-state index is 15.3. The molecule has 2 aromatic carbocycles. The Morgan fingerprint density at radius 1 is 0.637 bits per heavy atom. The van der Waals surface area contributed by atoms with E-state index in [1.807, 2.05) is 0 Å². The number of aliphatic hydroxyl groups is 1. The third-order valence-electron chi connectivity index (χ3n) is 21.7. The Hall–Kier alpha value is -10.1. The molecule has 9 atom stereocenters. The molecule has 41 heteroatoms. The van der Waals surface area contributed by atoms with Gasteiger partial charge in [-0.25, -0.2) is 0 Å². The van der Waals surface area contributed by atoms with Crippen molar-refractivity contribution in [2.24, 2.45) is 17.6 Å². The minimum atomic E-state index is -1.80. The first kappa shape index (κ1) is 99.4. The number of likely N-dealkylation sites (tertiary alicyclic amines) is 1. The van der Waals surface area contributed by atoms with Crippen LogP contribution < -0.4 is 53.6 Å².